The molecule has 1 amide bonds. The third kappa shape index (κ3) is 3.59. The number of nitrogens with one attached hydrogen (secondary N) is 1. The molecule has 0 bridgehead atoms. The minimum absolute atomic E-state index is 0.0787. The fourth-order valence-corrected chi connectivity index (χ4v) is 2.78. The Labute approximate surface area is 130 Å². The van der Waals surface area contributed by atoms with E-state index in [1.54, 1.807) is 12.1 Å². The number of hydrogen-bond donors (Lipinski definition) is 2. The minimum atomic E-state index is -1.00. The standard InChI is InChI=1S/C17H23NO4/c1-3-17(9-4-10-17)16(21)18-12(2)13-5-7-14(8-6-13)22-11-15(19)20/h5-8,12H,3-4,9-11H2,1-2H3,(H,18,21)(H,19,20). The Morgan fingerprint density at radius 3 is 2.41 bits per heavy atom. The molecule has 1 aliphatic carbocycles. The molecule has 5 heteroatoms. The first-order valence-electron chi connectivity index (χ1n) is 7.72. The van der Waals surface area contributed by atoms with Gasteiger partial charge in [-0.15, -0.1) is 0 Å². The number of benzene rings is 1. The largest absolute Gasteiger partial charge is 0.482 e. The highest BCUT2D eigenvalue weighted by Gasteiger charge is 2.42. The third-order valence-corrected chi connectivity index (χ3v) is 4.56. The predicted molar refractivity (Wildman–Crippen MR) is 82.7 cm³/mol. The monoisotopic (exact) mass is 305 g/mol. The predicted octanol–water partition coefficient (Wildman–Crippen LogP) is 2.91. The van der Waals surface area contributed by atoms with Crippen LogP contribution in [0.2, 0.25) is 0 Å². The lowest BCUT2D eigenvalue weighted by molar-refractivity contribution is -0.139. The van der Waals surface area contributed by atoms with Crippen molar-refractivity contribution in [1.29, 1.82) is 0 Å². The molecule has 1 aromatic carbocycles. The van der Waals surface area contributed by atoms with E-state index in [2.05, 4.69) is 12.2 Å². The molecule has 1 unspecified atom stereocenters. The molecule has 22 heavy (non-hydrogen) atoms. The van der Waals surface area contributed by atoms with Crippen molar-refractivity contribution in [3.63, 3.8) is 0 Å². The Bertz CT molecular complexity index is 529. The van der Waals surface area contributed by atoms with Gasteiger partial charge in [0.2, 0.25) is 5.91 Å². The molecular formula is C17H23NO4. The molecule has 0 heterocycles. The van der Waals surface area contributed by atoms with Crippen LogP contribution in [0.5, 0.6) is 5.75 Å². The molecule has 1 aromatic rings. The van der Waals surface area contributed by atoms with Gasteiger partial charge in [0.25, 0.3) is 0 Å². The van der Waals surface area contributed by atoms with Gasteiger partial charge in [-0.2, -0.15) is 0 Å². The van der Waals surface area contributed by atoms with Crippen molar-refractivity contribution < 1.29 is 19.4 Å². The lowest BCUT2D eigenvalue weighted by atomic mass is 9.66. The quantitative estimate of drug-likeness (QED) is 0.812. The molecule has 0 aromatic heterocycles. The second-order valence-corrected chi connectivity index (χ2v) is 5.93. The Morgan fingerprint density at radius 1 is 1.32 bits per heavy atom. The van der Waals surface area contributed by atoms with Crippen molar-refractivity contribution in [3.8, 4) is 5.75 Å². The minimum Gasteiger partial charge on any atom is -0.482 e. The summed E-state index contributed by atoms with van der Waals surface area (Å²) in [7, 11) is 0. The smallest absolute Gasteiger partial charge is 0.341 e. The average Bonchev–Trinajstić information content (AvgIpc) is 2.45. The highest BCUT2D eigenvalue weighted by molar-refractivity contribution is 5.83. The zero-order valence-electron chi connectivity index (χ0n) is 13.1. The van der Waals surface area contributed by atoms with Crippen molar-refractivity contribution in [2.24, 2.45) is 5.41 Å². The maximum absolute atomic E-state index is 12.4. The molecular weight excluding hydrogens is 282 g/mol. The highest BCUT2D eigenvalue weighted by Crippen LogP contribution is 2.44. The maximum atomic E-state index is 12.4. The topological polar surface area (TPSA) is 75.6 Å². The van der Waals surface area contributed by atoms with Crippen LogP contribution in [0.1, 0.15) is 51.1 Å². The summed E-state index contributed by atoms with van der Waals surface area (Å²) >= 11 is 0. The first-order valence-corrected chi connectivity index (χ1v) is 7.72. The van der Waals surface area contributed by atoms with Gasteiger partial charge in [0.15, 0.2) is 6.61 Å². The van der Waals surface area contributed by atoms with Gasteiger partial charge < -0.3 is 15.2 Å². The number of hydrogen-bond acceptors (Lipinski definition) is 3. The SMILES string of the molecule is CCC1(C(=O)NC(C)c2ccc(OCC(=O)O)cc2)CCC1. The number of carboxylic acids is 1. The summed E-state index contributed by atoms with van der Waals surface area (Å²) in [6, 6.07) is 7.06. The van der Waals surface area contributed by atoms with Gasteiger partial charge in [-0.3, -0.25) is 4.79 Å². The second-order valence-electron chi connectivity index (χ2n) is 5.93. The molecule has 5 nitrogen and oxygen atoms in total. The summed E-state index contributed by atoms with van der Waals surface area (Å²) in [6.07, 6.45) is 3.97. The Kier molecular flexibility index (Phi) is 5.06. The van der Waals surface area contributed by atoms with Crippen molar-refractivity contribution in [2.75, 3.05) is 6.61 Å². The molecule has 1 aliphatic rings. The Hall–Kier alpha value is -2.04. The summed E-state index contributed by atoms with van der Waals surface area (Å²) in [5, 5.41) is 11.7. The van der Waals surface area contributed by atoms with Gasteiger partial charge >= 0.3 is 5.97 Å². The third-order valence-electron chi connectivity index (χ3n) is 4.56. The number of carbonyl (C=O) groups excluding carboxylic acids is 1. The van der Waals surface area contributed by atoms with Gasteiger partial charge in [-0.25, -0.2) is 4.79 Å². The van der Waals surface area contributed by atoms with Crippen molar-refractivity contribution in [3.05, 3.63) is 29.8 Å². The summed E-state index contributed by atoms with van der Waals surface area (Å²) in [5.41, 5.74) is 0.806. The van der Waals surface area contributed by atoms with Crippen molar-refractivity contribution in [1.82, 2.24) is 5.32 Å². The summed E-state index contributed by atoms with van der Waals surface area (Å²) in [6.45, 7) is 3.66. The van der Waals surface area contributed by atoms with Gasteiger partial charge in [0.05, 0.1) is 6.04 Å². The molecule has 0 saturated heterocycles. The van der Waals surface area contributed by atoms with E-state index in [4.69, 9.17) is 9.84 Å². The van der Waals surface area contributed by atoms with Crippen LogP contribution in [0.3, 0.4) is 0 Å². The van der Waals surface area contributed by atoms with Crippen LogP contribution < -0.4 is 10.1 Å². The molecule has 2 N–H and O–H groups in total. The number of rotatable bonds is 7. The molecule has 2 rings (SSSR count). The first kappa shape index (κ1) is 16.3. The van der Waals surface area contributed by atoms with Crippen molar-refractivity contribution >= 4 is 11.9 Å². The first-order chi connectivity index (χ1) is 10.5. The lowest BCUT2D eigenvalue weighted by Crippen LogP contribution is -2.45. The van der Waals surface area contributed by atoms with E-state index >= 15 is 0 Å². The summed E-state index contributed by atoms with van der Waals surface area (Å²) in [5.74, 6) is -0.358. The van der Waals surface area contributed by atoms with Crippen LogP contribution in [-0.4, -0.2) is 23.6 Å². The average molecular weight is 305 g/mol. The summed E-state index contributed by atoms with van der Waals surface area (Å²) < 4.78 is 5.09. The molecule has 0 radical (unpaired) electrons. The van der Waals surface area contributed by atoms with Crippen LogP contribution in [0, 0.1) is 5.41 Å². The van der Waals surface area contributed by atoms with E-state index in [-0.39, 0.29) is 24.0 Å². The number of ether oxygens (including phenoxy) is 1. The van der Waals surface area contributed by atoms with E-state index in [9.17, 15) is 9.59 Å². The van der Waals surface area contributed by atoms with E-state index < -0.39 is 5.97 Å². The number of amides is 1. The van der Waals surface area contributed by atoms with Gasteiger partial charge in [0.1, 0.15) is 5.75 Å². The van der Waals surface area contributed by atoms with Crippen molar-refractivity contribution in [2.45, 2.75) is 45.6 Å². The molecule has 0 spiro atoms. The number of aliphatic carboxylic acids is 1. The molecule has 1 fully saturated rings. The summed E-state index contributed by atoms with van der Waals surface area (Å²) in [4.78, 5) is 22.9. The normalized spacial score (nSPS) is 17.2. The fourth-order valence-electron chi connectivity index (χ4n) is 2.78. The van der Waals surface area contributed by atoms with Crippen LogP contribution in [0.4, 0.5) is 0 Å². The Morgan fingerprint density at radius 2 is 1.95 bits per heavy atom. The molecule has 0 aliphatic heterocycles. The Balaban J connectivity index is 1.93. The number of carbonyl (C=O) groups is 2. The fraction of sp³-hybridized carbons (Fsp3) is 0.529. The second kappa shape index (κ2) is 6.81. The van der Waals surface area contributed by atoms with E-state index in [1.807, 2.05) is 19.1 Å². The van der Waals surface area contributed by atoms with Gasteiger partial charge in [-0.05, 0) is 43.9 Å². The van der Waals surface area contributed by atoms with Crippen LogP contribution in [0.15, 0.2) is 24.3 Å². The molecule has 1 atom stereocenters. The zero-order valence-corrected chi connectivity index (χ0v) is 13.1. The van der Waals surface area contributed by atoms with E-state index in [0.717, 1.165) is 31.2 Å². The van der Waals surface area contributed by atoms with E-state index in [0.29, 0.717) is 5.75 Å². The highest BCUT2D eigenvalue weighted by atomic mass is 16.5. The van der Waals surface area contributed by atoms with Crippen LogP contribution >= 0.6 is 0 Å². The van der Waals surface area contributed by atoms with E-state index in [1.165, 1.54) is 0 Å². The van der Waals surface area contributed by atoms with Crippen LogP contribution in [0.25, 0.3) is 0 Å². The lowest BCUT2D eigenvalue weighted by Gasteiger charge is -2.40. The maximum Gasteiger partial charge on any atom is 0.341 e. The molecule has 1 saturated carbocycles. The number of carboxylic acid groups (broad SMARTS) is 1. The van der Waals surface area contributed by atoms with Gasteiger partial charge in [-0.1, -0.05) is 25.5 Å². The zero-order chi connectivity index (χ0) is 16.2. The van der Waals surface area contributed by atoms with Gasteiger partial charge in [0, 0.05) is 5.41 Å². The van der Waals surface area contributed by atoms with Crippen LogP contribution in [-0.2, 0) is 9.59 Å². The molecule has 120 valence electrons.